The lowest BCUT2D eigenvalue weighted by Gasteiger charge is -2.16. The van der Waals surface area contributed by atoms with E-state index in [0.29, 0.717) is 37.2 Å². The fourth-order valence-electron chi connectivity index (χ4n) is 2.57. The Morgan fingerprint density at radius 1 is 1.32 bits per heavy atom. The molecule has 1 atom stereocenters. The summed E-state index contributed by atoms with van der Waals surface area (Å²) < 4.78 is 24.8. The Kier molecular flexibility index (Phi) is 5.68. The second-order valence-electron chi connectivity index (χ2n) is 5.33. The maximum atomic E-state index is 12.5. The van der Waals surface area contributed by atoms with Crippen LogP contribution >= 0.6 is 19.2 Å². The fourth-order valence-corrected chi connectivity index (χ4v) is 4.40. The van der Waals surface area contributed by atoms with E-state index in [-0.39, 0.29) is 17.5 Å². The van der Waals surface area contributed by atoms with Crippen molar-refractivity contribution in [2.24, 2.45) is 5.16 Å². The van der Waals surface area contributed by atoms with E-state index in [1.165, 1.54) is 6.33 Å². The van der Waals surface area contributed by atoms with E-state index < -0.39 is 7.60 Å². The van der Waals surface area contributed by atoms with Crippen LogP contribution in [0, 0.1) is 0 Å². The van der Waals surface area contributed by atoms with Crippen LogP contribution in [0.2, 0.25) is 5.15 Å². The number of hydrogen-bond donors (Lipinski definition) is 0. The van der Waals surface area contributed by atoms with Gasteiger partial charge in [0.05, 0.1) is 25.1 Å². The van der Waals surface area contributed by atoms with Crippen molar-refractivity contribution in [1.82, 2.24) is 19.5 Å². The Hall–Kier alpha value is -1.54. The van der Waals surface area contributed by atoms with E-state index >= 15 is 0 Å². The SMILES string of the molecule is CCOP(=O)(CCC1=NOC(n2cnc3c(Cl)ncnc32)C1)OCC. The van der Waals surface area contributed by atoms with Gasteiger partial charge in [-0.05, 0) is 13.8 Å². The van der Waals surface area contributed by atoms with Crippen molar-refractivity contribution in [1.29, 1.82) is 0 Å². The van der Waals surface area contributed by atoms with Crippen molar-refractivity contribution in [3.8, 4) is 0 Å². The quantitative estimate of drug-likeness (QED) is 0.505. The molecule has 1 aliphatic heterocycles. The van der Waals surface area contributed by atoms with Crippen LogP contribution in [0.5, 0.6) is 0 Å². The minimum atomic E-state index is -3.09. The molecule has 0 N–H and O–H groups in total. The third-order valence-corrected chi connectivity index (χ3v) is 6.02. The Labute approximate surface area is 149 Å². The second-order valence-corrected chi connectivity index (χ2v) is 7.87. The van der Waals surface area contributed by atoms with E-state index in [1.54, 1.807) is 24.7 Å². The van der Waals surface area contributed by atoms with Crippen LogP contribution in [0.15, 0.2) is 17.8 Å². The van der Waals surface area contributed by atoms with Crippen LogP contribution in [0.4, 0.5) is 0 Å². The number of oxime groups is 1. The third kappa shape index (κ3) is 4.00. The molecule has 0 radical (unpaired) electrons. The molecule has 0 saturated heterocycles. The molecule has 0 aliphatic carbocycles. The average Bonchev–Trinajstić information content (AvgIpc) is 3.20. The number of nitrogens with zero attached hydrogens (tertiary/aromatic N) is 5. The zero-order valence-corrected chi connectivity index (χ0v) is 15.6. The van der Waals surface area contributed by atoms with Gasteiger partial charge in [-0.3, -0.25) is 9.13 Å². The Balaban J connectivity index is 1.65. The first-order valence-corrected chi connectivity index (χ1v) is 10.1. The monoisotopic (exact) mass is 387 g/mol. The van der Waals surface area contributed by atoms with Gasteiger partial charge in [-0.15, -0.1) is 0 Å². The number of rotatable bonds is 8. The van der Waals surface area contributed by atoms with Crippen LogP contribution in [-0.4, -0.2) is 44.6 Å². The molecule has 3 rings (SSSR count). The smallest absolute Gasteiger partial charge is 0.331 e. The first-order chi connectivity index (χ1) is 12.1. The summed E-state index contributed by atoms with van der Waals surface area (Å²) in [5.74, 6) is 0. The molecular weight excluding hydrogens is 369 g/mol. The molecule has 0 amide bonds. The molecule has 25 heavy (non-hydrogen) atoms. The molecule has 0 fully saturated rings. The van der Waals surface area contributed by atoms with E-state index in [2.05, 4.69) is 20.1 Å². The van der Waals surface area contributed by atoms with Gasteiger partial charge in [0.1, 0.15) is 18.2 Å². The van der Waals surface area contributed by atoms with E-state index in [1.807, 2.05) is 0 Å². The molecule has 11 heteroatoms. The molecule has 0 saturated carbocycles. The Bertz CT molecular complexity index is 817. The van der Waals surface area contributed by atoms with E-state index in [9.17, 15) is 4.57 Å². The van der Waals surface area contributed by atoms with Gasteiger partial charge in [-0.2, -0.15) is 0 Å². The number of hydrogen-bond acceptors (Lipinski definition) is 8. The highest BCUT2D eigenvalue weighted by molar-refractivity contribution is 7.53. The summed E-state index contributed by atoms with van der Waals surface area (Å²) in [6.45, 7) is 4.25. The number of halogens is 1. The Morgan fingerprint density at radius 3 is 2.80 bits per heavy atom. The van der Waals surface area contributed by atoms with Crippen LogP contribution in [-0.2, 0) is 18.5 Å². The van der Waals surface area contributed by atoms with Crippen LogP contribution < -0.4 is 0 Å². The largest absolute Gasteiger partial charge is 0.370 e. The van der Waals surface area contributed by atoms with Gasteiger partial charge >= 0.3 is 7.60 Å². The van der Waals surface area contributed by atoms with Crippen molar-refractivity contribution in [2.75, 3.05) is 19.4 Å². The highest BCUT2D eigenvalue weighted by atomic mass is 35.5. The summed E-state index contributed by atoms with van der Waals surface area (Å²) in [6.07, 6.45) is 3.87. The normalized spacial score (nSPS) is 17.7. The summed E-state index contributed by atoms with van der Waals surface area (Å²) in [7, 11) is -3.09. The summed E-state index contributed by atoms with van der Waals surface area (Å²) in [6, 6.07) is 0. The van der Waals surface area contributed by atoms with Gasteiger partial charge in [-0.1, -0.05) is 16.8 Å². The van der Waals surface area contributed by atoms with Gasteiger partial charge in [-0.25, -0.2) is 15.0 Å². The molecule has 9 nitrogen and oxygen atoms in total. The molecular formula is C14H19ClN5O4P. The predicted molar refractivity (Wildman–Crippen MR) is 92.8 cm³/mol. The first-order valence-electron chi connectivity index (χ1n) is 7.99. The average molecular weight is 388 g/mol. The fraction of sp³-hybridized carbons (Fsp3) is 0.571. The van der Waals surface area contributed by atoms with Crippen molar-refractivity contribution >= 4 is 36.1 Å². The topological polar surface area (TPSA) is 101 Å². The summed E-state index contributed by atoms with van der Waals surface area (Å²) in [5, 5.41) is 4.37. The van der Waals surface area contributed by atoms with Crippen LogP contribution in [0.25, 0.3) is 11.2 Å². The van der Waals surface area contributed by atoms with Crippen molar-refractivity contribution in [3.63, 3.8) is 0 Å². The zero-order chi connectivity index (χ0) is 17.9. The van der Waals surface area contributed by atoms with Gasteiger partial charge in [0, 0.05) is 12.8 Å². The molecule has 1 aliphatic rings. The third-order valence-electron chi connectivity index (χ3n) is 3.66. The molecule has 2 aromatic heterocycles. The van der Waals surface area contributed by atoms with Gasteiger partial charge in [0.15, 0.2) is 10.8 Å². The molecule has 136 valence electrons. The van der Waals surface area contributed by atoms with Crippen LogP contribution in [0.1, 0.15) is 32.9 Å². The van der Waals surface area contributed by atoms with Crippen molar-refractivity contribution < 1.29 is 18.5 Å². The molecule has 2 aromatic rings. The molecule has 3 heterocycles. The molecule has 0 bridgehead atoms. The Morgan fingerprint density at radius 2 is 2.08 bits per heavy atom. The maximum Gasteiger partial charge on any atom is 0.331 e. The highest BCUT2D eigenvalue weighted by Crippen LogP contribution is 2.48. The van der Waals surface area contributed by atoms with Crippen molar-refractivity contribution in [2.45, 2.75) is 32.9 Å². The van der Waals surface area contributed by atoms with Crippen molar-refractivity contribution in [3.05, 3.63) is 17.8 Å². The highest BCUT2D eigenvalue weighted by Gasteiger charge is 2.29. The van der Waals surface area contributed by atoms with E-state index in [4.69, 9.17) is 25.5 Å². The molecule has 0 spiro atoms. The minimum Gasteiger partial charge on any atom is -0.370 e. The summed E-state index contributed by atoms with van der Waals surface area (Å²) in [4.78, 5) is 17.8. The van der Waals surface area contributed by atoms with Gasteiger partial charge < -0.3 is 13.9 Å². The lowest BCUT2D eigenvalue weighted by Crippen LogP contribution is -2.10. The minimum absolute atomic E-state index is 0.266. The standard InChI is InChI=1S/C14H19ClN5O4P/c1-3-22-25(21,23-4-2)6-5-10-7-11(24-19-10)20-9-18-12-13(15)16-8-17-14(12)20/h8-9,11H,3-7H2,1-2H3. The summed E-state index contributed by atoms with van der Waals surface area (Å²) >= 11 is 6.01. The maximum absolute atomic E-state index is 12.5. The molecule has 1 unspecified atom stereocenters. The van der Waals surface area contributed by atoms with Gasteiger partial charge in [0.25, 0.3) is 0 Å². The molecule has 0 aromatic carbocycles. The summed E-state index contributed by atoms with van der Waals surface area (Å²) in [5.41, 5.74) is 1.88. The zero-order valence-electron chi connectivity index (χ0n) is 14.0. The lowest BCUT2D eigenvalue weighted by atomic mass is 10.2. The number of imidazole rings is 1. The van der Waals surface area contributed by atoms with Crippen LogP contribution in [0.3, 0.4) is 0 Å². The number of fused-ring (bicyclic) bond motifs is 1. The van der Waals surface area contributed by atoms with E-state index in [0.717, 1.165) is 5.71 Å². The lowest BCUT2D eigenvalue weighted by molar-refractivity contribution is 0.0348. The second kappa shape index (κ2) is 7.78. The number of aromatic nitrogens is 4. The predicted octanol–water partition coefficient (Wildman–Crippen LogP) is 3.41. The first kappa shape index (κ1) is 18.3. The van der Waals surface area contributed by atoms with Gasteiger partial charge in [0.2, 0.25) is 6.23 Å².